The van der Waals surface area contributed by atoms with Crippen molar-refractivity contribution in [1.29, 1.82) is 0 Å². The molecule has 0 aliphatic carbocycles. The second-order valence-electron chi connectivity index (χ2n) is 4.07. The van der Waals surface area contributed by atoms with Crippen molar-refractivity contribution in [3.63, 3.8) is 0 Å². The van der Waals surface area contributed by atoms with Gasteiger partial charge in [0.1, 0.15) is 5.75 Å². The van der Waals surface area contributed by atoms with Gasteiger partial charge in [-0.2, -0.15) is 0 Å². The highest BCUT2D eigenvalue weighted by Crippen LogP contribution is 2.27. The smallest absolute Gasteiger partial charge is 0.344 e. The Morgan fingerprint density at radius 3 is 2.70 bits per heavy atom. The maximum atomic E-state index is 11.5. The molecule has 0 aromatic heterocycles. The van der Waals surface area contributed by atoms with E-state index in [0.717, 1.165) is 0 Å². The molecule has 23 heavy (non-hydrogen) atoms. The molecule has 1 aromatic carbocycles. The fourth-order valence-electron chi connectivity index (χ4n) is 1.29. The Morgan fingerprint density at radius 1 is 1.30 bits per heavy atom. The van der Waals surface area contributed by atoms with Crippen molar-refractivity contribution in [2.45, 2.75) is 0 Å². The SMILES string of the molecule is C=CCNC(=O)NC(=O)COC(=O)COc1ccc(Cl)cc1Br. The monoisotopic (exact) mass is 404 g/mol. The molecular weight excluding hydrogens is 392 g/mol. The lowest BCUT2D eigenvalue weighted by molar-refractivity contribution is -0.150. The molecule has 9 heteroatoms. The fraction of sp³-hybridized carbons (Fsp3) is 0.214. The minimum absolute atomic E-state index is 0.211. The van der Waals surface area contributed by atoms with Crippen molar-refractivity contribution in [2.75, 3.05) is 19.8 Å². The van der Waals surface area contributed by atoms with Crippen LogP contribution in [0.5, 0.6) is 5.75 Å². The Balaban J connectivity index is 2.30. The Labute approximate surface area is 146 Å². The molecule has 1 aromatic rings. The summed E-state index contributed by atoms with van der Waals surface area (Å²) in [5.41, 5.74) is 0. The lowest BCUT2D eigenvalue weighted by Crippen LogP contribution is -2.41. The van der Waals surface area contributed by atoms with E-state index in [-0.39, 0.29) is 6.54 Å². The van der Waals surface area contributed by atoms with Gasteiger partial charge < -0.3 is 14.8 Å². The number of esters is 1. The number of carbonyl (C=O) groups is 3. The first-order valence-electron chi connectivity index (χ1n) is 6.34. The fourth-order valence-corrected chi connectivity index (χ4v) is 2.09. The number of urea groups is 1. The molecule has 0 atom stereocenters. The number of hydrogen-bond donors (Lipinski definition) is 2. The van der Waals surface area contributed by atoms with Gasteiger partial charge in [-0.25, -0.2) is 9.59 Å². The zero-order valence-corrected chi connectivity index (χ0v) is 14.3. The summed E-state index contributed by atoms with van der Waals surface area (Å²) in [6, 6.07) is 4.09. The van der Waals surface area contributed by atoms with Crippen molar-refractivity contribution in [2.24, 2.45) is 0 Å². The molecule has 0 fully saturated rings. The van der Waals surface area contributed by atoms with Crippen LogP contribution in [0.15, 0.2) is 35.3 Å². The van der Waals surface area contributed by atoms with Crippen molar-refractivity contribution in [3.8, 4) is 5.75 Å². The molecule has 3 amide bonds. The Kier molecular flexibility index (Phi) is 8.14. The number of nitrogens with one attached hydrogen (secondary N) is 2. The molecular formula is C14H14BrClN2O5. The van der Waals surface area contributed by atoms with Crippen LogP contribution in [-0.4, -0.2) is 37.7 Å². The van der Waals surface area contributed by atoms with Crippen LogP contribution in [0.4, 0.5) is 4.79 Å². The molecule has 2 N–H and O–H groups in total. The zero-order chi connectivity index (χ0) is 17.2. The number of hydrogen-bond acceptors (Lipinski definition) is 5. The van der Waals surface area contributed by atoms with E-state index in [4.69, 9.17) is 16.3 Å². The summed E-state index contributed by atoms with van der Waals surface area (Å²) in [6.07, 6.45) is 1.45. The molecule has 7 nitrogen and oxygen atoms in total. The number of ether oxygens (including phenoxy) is 2. The van der Waals surface area contributed by atoms with Crippen LogP contribution >= 0.6 is 27.5 Å². The van der Waals surface area contributed by atoms with E-state index >= 15 is 0 Å². The van der Waals surface area contributed by atoms with Crippen molar-refractivity contribution in [1.82, 2.24) is 10.6 Å². The third-order valence-electron chi connectivity index (χ3n) is 2.26. The van der Waals surface area contributed by atoms with Gasteiger partial charge in [0.15, 0.2) is 13.2 Å². The van der Waals surface area contributed by atoms with Crippen molar-refractivity contribution >= 4 is 45.4 Å². The maximum Gasteiger partial charge on any atom is 0.344 e. The highest BCUT2D eigenvalue weighted by atomic mass is 79.9. The van der Waals surface area contributed by atoms with E-state index in [1.165, 1.54) is 6.08 Å². The van der Waals surface area contributed by atoms with Crippen LogP contribution in [0.2, 0.25) is 5.02 Å². The van der Waals surface area contributed by atoms with Gasteiger partial charge in [-0.1, -0.05) is 17.7 Å². The molecule has 0 unspecified atom stereocenters. The minimum Gasteiger partial charge on any atom is -0.481 e. The standard InChI is InChI=1S/C14H14BrClN2O5/c1-2-5-17-14(21)18-12(19)7-23-13(20)8-22-11-4-3-9(16)6-10(11)15/h2-4,6H,1,5,7-8H2,(H2,17,18,19,21). The van der Waals surface area contributed by atoms with Gasteiger partial charge in [0.2, 0.25) is 0 Å². The summed E-state index contributed by atoms with van der Waals surface area (Å²) in [5, 5.41) is 4.83. The van der Waals surface area contributed by atoms with Gasteiger partial charge >= 0.3 is 12.0 Å². The highest BCUT2D eigenvalue weighted by Gasteiger charge is 2.11. The molecule has 0 radical (unpaired) electrons. The first kappa shape index (κ1) is 19.0. The zero-order valence-electron chi connectivity index (χ0n) is 11.9. The lowest BCUT2D eigenvalue weighted by atomic mass is 10.3. The normalized spacial score (nSPS) is 9.65. The van der Waals surface area contributed by atoms with Crippen LogP contribution in [0.1, 0.15) is 0 Å². The van der Waals surface area contributed by atoms with Gasteiger partial charge in [-0.3, -0.25) is 10.1 Å². The molecule has 0 saturated carbocycles. The minimum atomic E-state index is -0.757. The van der Waals surface area contributed by atoms with Crippen LogP contribution in [-0.2, 0) is 14.3 Å². The van der Waals surface area contributed by atoms with Crippen LogP contribution in [0.3, 0.4) is 0 Å². The molecule has 0 aliphatic heterocycles. The number of carbonyl (C=O) groups excluding carboxylic acids is 3. The van der Waals surface area contributed by atoms with Crippen LogP contribution in [0, 0.1) is 0 Å². The van der Waals surface area contributed by atoms with Gasteiger partial charge in [-0.15, -0.1) is 6.58 Å². The molecule has 0 heterocycles. The number of amides is 3. The van der Waals surface area contributed by atoms with Crippen LogP contribution in [0.25, 0.3) is 0 Å². The van der Waals surface area contributed by atoms with E-state index in [0.29, 0.717) is 15.2 Å². The summed E-state index contributed by atoms with van der Waals surface area (Å²) in [6.45, 7) is 2.63. The molecule has 0 spiro atoms. The van der Waals surface area contributed by atoms with E-state index in [2.05, 4.69) is 32.6 Å². The van der Waals surface area contributed by atoms with E-state index in [1.54, 1.807) is 18.2 Å². The van der Waals surface area contributed by atoms with E-state index < -0.39 is 31.1 Å². The molecule has 1 rings (SSSR count). The quantitative estimate of drug-likeness (QED) is 0.535. The largest absolute Gasteiger partial charge is 0.481 e. The van der Waals surface area contributed by atoms with E-state index in [1.807, 2.05) is 5.32 Å². The van der Waals surface area contributed by atoms with Gasteiger partial charge in [0.25, 0.3) is 5.91 Å². The number of halogens is 2. The predicted molar refractivity (Wildman–Crippen MR) is 87.3 cm³/mol. The summed E-state index contributed by atoms with van der Waals surface area (Å²) >= 11 is 9.01. The molecule has 124 valence electrons. The third kappa shape index (κ3) is 7.66. The van der Waals surface area contributed by atoms with Gasteiger partial charge in [0.05, 0.1) is 4.47 Å². The molecule has 0 bridgehead atoms. The van der Waals surface area contributed by atoms with Crippen molar-refractivity contribution in [3.05, 3.63) is 40.3 Å². The summed E-state index contributed by atoms with van der Waals surface area (Å²) in [7, 11) is 0. The number of benzene rings is 1. The number of imide groups is 1. The average Bonchev–Trinajstić information content (AvgIpc) is 2.50. The third-order valence-corrected chi connectivity index (χ3v) is 3.12. The average molecular weight is 406 g/mol. The highest BCUT2D eigenvalue weighted by molar-refractivity contribution is 9.10. The molecule has 0 saturated heterocycles. The first-order chi connectivity index (χ1) is 10.9. The second-order valence-corrected chi connectivity index (χ2v) is 5.36. The molecule has 0 aliphatic rings. The second kappa shape index (κ2) is 9.86. The number of rotatable bonds is 7. The maximum absolute atomic E-state index is 11.5. The van der Waals surface area contributed by atoms with Crippen molar-refractivity contribution < 1.29 is 23.9 Å². The summed E-state index contributed by atoms with van der Waals surface area (Å²) < 4.78 is 10.5. The Bertz CT molecular complexity index is 609. The Hall–Kier alpha value is -2.06. The summed E-state index contributed by atoms with van der Waals surface area (Å²) in [4.78, 5) is 34.0. The topological polar surface area (TPSA) is 93.7 Å². The summed E-state index contributed by atoms with van der Waals surface area (Å²) in [5.74, 6) is -1.11. The predicted octanol–water partition coefficient (Wildman–Crippen LogP) is 2.04. The van der Waals surface area contributed by atoms with Crippen LogP contribution < -0.4 is 15.4 Å². The first-order valence-corrected chi connectivity index (χ1v) is 7.51. The van der Waals surface area contributed by atoms with Gasteiger partial charge in [0, 0.05) is 11.6 Å². The van der Waals surface area contributed by atoms with Gasteiger partial charge in [-0.05, 0) is 34.1 Å². The lowest BCUT2D eigenvalue weighted by Gasteiger charge is -2.09. The Morgan fingerprint density at radius 2 is 2.04 bits per heavy atom. The van der Waals surface area contributed by atoms with E-state index in [9.17, 15) is 14.4 Å².